The molecule has 1 N–H and O–H groups in total. The Labute approximate surface area is 167 Å². The van der Waals surface area contributed by atoms with Gasteiger partial charge in [-0.1, -0.05) is 32.0 Å². The van der Waals surface area contributed by atoms with Crippen molar-refractivity contribution in [2.75, 3.05) is 26.0 Å². The summed E-state index contributed by atoms with van der Waals surface area (Å²) in [5, 5.41) is 2.90. The van der Waals surface area contributed by atoms with Crippen LogP contribution in [-0.2, 0) is 11.2 Å². The van der Waals surface area contributed by atoms with Crippen LogP contribution in [0.25, 0.3) is 0 Å². The first-order valence-electron chi connectivity index (χ1n) is 9.68. The highest BCUT2D eigenvalue weighted by Crippen LogP contribution is 2.17. The van der Waals surface area contributed by atoms with Crippen molar-refractivity contribution in [2.45, 2.75) is 33.1 Å². The molecule has 0 bridgehead atoms. The molecule has 2 aromatic carbocycles. The maximum atomic E-state index is 12.5. The summed E-state index contributed by atoms with van der Waals surface area (Å²) >= 11 is 0. The molecule has 28 heavy (non-hydrogen) atoms. The van der Waals surface area contributed by atoms with Crippen LogP contribution >= 0.6 is 0 Å². The molecule has 2 aromatic rings. The molecule has 5 heteroatoms. The lowest BCUT2D eigenvalue weighted by Gasteiger charge is -2.11. The highest BCUT2D eigenvalue weighted by molar-refractivity contribution is 6.04. The van der Waals surface area contributed by atoms with Gasteiger partial charge in [-0.15, -0.1) is 0 Å². The zero-order chi connectivity index (χ0) is 20.5. The number of aryl methyl sites for hydroxylation is 1. The van der Waals surface area contributed by atoms with E-state index in [4.69, 9.17) is 4.74 Å². The van der Waals surface area contributed by atoms with E-state index >= 15 is 0 Å². The number of nitrogens with zero attached hydrogens (tertiary/aromatic N) is 1. The van der Waals surface area contributed by atoms with Gasteiger partial charge in [0, 0.05) is 31.8 Å². The van der Waals surface area contributed by atoms with Crippen molar-refractivity contribution in [3.63, 3.8) is 0 Å². The van der Waals surface area contributed by atoms with Gasteiger partial charge in [-0.05, 0) is 54.7 Å². The van der Waals surface area contributed by atoms with Crippen molar-refractivity contribution in [3.05, 3.63) is 59.7 Å². The van der Waals surface area contributed by atoms with Crippen molar-refractivity contribution in [2.24, 2.45) is 5.92 Å². The minimum atomic E-state index is -0.176. The minimum Gasteiger partial charge on any atom is -0.494 e. The van der Waals surface area contributed by atoms with Crippen LogP contribution < -0.4 is 10.1 Å². The standard InChI is InChI=1S/C23H30N2O3/c1-17(2)14-15-28-21-7-5-6-19(16-21)23(27)24-20-11-8-18(9-12-20)10-13-22(26)25(3)4/h5-9,11-12,16-17H,10,13-15H2,1-4H3,(H,24,27). The van der Waals surface area contributed by atoms with Gasteiger partial charge in [0.25, 0.3) is 5.91 Å². The van der Waals surface area contributed by atoms with Gasteiger partial charge in [0.05, 0.1) is 6.61 Å². The summed E-state index contributed by atoms with van der Waals surface area (Å²) in [7, 11) is 3.51. The fraction of sp³-hybridized carbons (Fsp3) is 0.391. The second kappa shape index (κ2) is 10.5. The maximum absolute atomic E-state index is 12.5. The molecule has 5 nitrogen and oxygen atoms in total. The van der Waals surface area contributed by atoms with E-state index in [0.29, 0.717) is 36.7 Å². The molecular formula is C23H30N2O3. The normalized spacial score (nSPS) is 10.6. The van der Waals surface area contributed by atoms with Gasteiger partial charge in [0.15, 0.2) is 0 Å². The number of carbonyl (C=O) groups excluding carboxylic acids is 2. The fourth-order valence-electron chi connectivity index (χ4n) is 2.57. The van der Waals surface area contributed by atoms with Crippen molar-refractivity contribution in [3.8, 4) is 5.75 Å². The molecule has 0 aliphatic carbocycles. The van der Waals surface area contributed by atoms with Crippen molar-refractivity contribution in [1.29, 1.82) is 0 Å². The van der Waals surface area contributed by atoms with Crippen molar-refractivity contribution in [1.82, 2.24) is 4.90 Å². The number of benzene rings is 2. The maximum Gasteiger partial charge on any atom is 0.255 e. The van der Waals surface area contributed by atoms with Gasteiger partial charge in [-0.25, -0.2) is 0 Å². The molecule has 0 aliphatic rings. The Morgan fingerprint density at radius 3 is 2.43 bits per heavy atom. The van der Waals surface area contributed by atoms with E-state index in [2.05, 4.69) is 19.2 Å². The Bertz CT molecular complexity index is 783. The molecule has 0 heterocycles. The predicted molar refractivity (Wildman–Crippen MR) is 113 cm³/mol. The summed E-state index contributed by atoms with van der Waals surface area (Å²) in [6.45, 7) is 4.94. The first kappa shape index (κ1) is 21.5. The van der Waals surface area contributed by atoms with E-state index in [1.54, 1.807) is 31.1 Å². The van der Waals surface area contributed by atoms with E-state index in [-0.39, 0.29) is 11.8 Å². The van der Waals surface area contributed by atoms with Gasteiger partial charge in [0.1, 0.15) is 5.75 Å². The van der Waals surface area contributed by atoms with Gasteiger partial charge in [-0.3, -0.25) is 9.59 Å². The summed E-state index contributed by atoms with van der Waals surface area (Å²) in [6.07, 6.45) is 2.13. The monoisotopic (exact) mass is 382 g/mol. The number of anilines is 1. The number of hydrogen-bond acceptors (Lipinski definition) is 3. The highest BCUT2D eigenvalue weighted by atomic mass is 16.5. The van der Waals surface area contributed by atoms with E-state index in [1.807, 2.05) is 36.4 Å². The molecule has 0 fully saturated rings. The minimum absolute atomic E-state index is 0.105. The predicted octanol–water partition coefficient (Wildman–Crippen LogP) is 4.38. The van der Waals surface area contributed by atoms with Crippen LogP contribution in [0.5, 0.6) is 5.75 Å². The average Bonchev–Trinajstić information content (AvgIpc) is 2.67. The first-order chi connectivity index (χ1) is 13.3. The summed E-state index contributed by atoms with van der Waals surface area (Å²) in [6, 6.07) is 14.8. The molecule has 0 radical (unpaired) electrons. The molecule has 0 aromatic heterocycles. The van der Waals surface area contributed by atoms with Crippen molar-refractivity contribution < 1.29 is 14.3 Å². The van der Waals surface area contributed by atoms with E-state index in [9.17, 15) is 9.59 Å². The number of hydrogen-bond donors (Lipinski definition) is 1. The lowest BCUT2D eigenvalue weighted by atomic mass is 10.1. The molecule has 0 saturated heterocycles. The topological polar surface area (TPSA) is 58.6 Å². The summed E-state index contributed by atoms with van der Waals surface area (Å²) in [5.41, 5.74) is 2.34. The largest absolute Gasteiger partial charge is 0.494 e. The molecular weight excluding hydrogens is 352 g/mol. The Hall–Kier alpha value is -2.82. The Kier molecular flexibility index (Phi) is 8.05. The Morgan fingerprint density at radius 2 is 1.79 bits per heavy atom. The Balaban J connectivity index is 1.91. The molecule has 150 valence electrons. The van der Waals surface area contributed by atoms with Crippen LogP contribution in [0.4, 0.5) is 5.69 Å². The molecule has 2 rings (SSSR count). The number of carbonyl (C=O) groups is 2. The quantitative estimate of drug-likeness (QED) is 0.700. The SMILES string of the molecule is CC(C)CCOc1cccc(C(=O)Nc2ccc(CCC(=O)N(C)C)cc2)c1. The van der Waals surface area contributed by atoms with Crippen LogP contribution in [0.3, 0.4) is 0 Å². The van der Waals surface area contributed by atoms with Crippen LogP contribution in [0, 0.1) is 5.92 Å². The number of nitrogens with one attached hydrogen (secondary N) is 1. The molecule has 0 aliphatic heterocycles. The van der Waals surface area contributed by atoms with Crippen LogP contribution in [-0.4, -0.2) is 37.4 Å². The fourth-order valence-corrected chi connectivity index (χ4v) is 2.57. The Morgan fingerprint density at radius 1 is 1.07 bits per heavy atom. The summed E-state index contributed by atoms with van der Waals surface area (Å²) in [4.78, 5) is 25.8. The molecule has 2 amide bonds. The van der Waals surface area contributed by atoms with Gasteiger partial charge >= 0.3 is 0 Å². The lowest BCUT2D eigenvalue weighted by molar-refractivity contribution is -0.128. The third-order valence-corrected chi connectivity index (χ3v) is 4.40. The van der Waals surface area contributed by atoms with Crippen LogP contribution in [0.15, 0.2) is 48.5 Å². The zero-order valence-corrected chi connectivity index (χ0v) is 17.2. The third-order valence-electron chi connectivity index (χ3n) is 4.40. The zero-order valence-electron chi connectivity index (χ0n) is 17.2. The lowest BCUT2D eigenvalue weighted by Crippen LogP contribution is -2.21. The van der Waals surface area contributed by atoms with Gasteiger partial charge in [0.2, 0.25) is 5.91 Å². The van der Waals surface area contributed by atoms with Crippen LogP contribution in [0.2, 0.25) is 0 Å². The molecule has 0 spiro atoms. The smallest absolute Gasteiger partial charge is 0.255 e. The van der Waals surface area contributed by atoms with Gasteiger partial charge in [-0.2, -0.15) is 0 Å². The summed E-state index contributed by atoms with van der Waals surface area (Å²) < 4.78 is 5.73. The van der Waals surface area contributed by atoms with E-state index in [0.717, 1.165) is 17.7 Å². The second-order valence-corrected chi connectivity index (χ2v) is 7.50. The van der Waals surface area contributed by atoms with E-state index in [1.165, 1.54) is 0 Å². The first-order valence-corrected chi connectivity index (χ1v) is 9.68. The van der Waals surface area contributed by atoms with E-state index < -0.39 is 0 Å². The molecule has 0 unspecified atom stereocenters. The number of ether oxygens (including phenoxy) is 1. The highest BCUT2D eigenvalue weighted by Gasteiger charge is 2.09. The third kappa shape index (κ3) is 7.06. The number of rotatable bonds is 9. The second-order valence-electron chi connectivity index (χ2n) is 7.50. The van der Waals surface area contributed by atoms with Crippen molar-refractivity contribution >= 4 is 17.5 Å². The average molecular weight is 383 g/mol. The molecule has 0 atom stereocenters. The van der Waals surface area contributed by atoms with Crippen LogP contribution in [0.1, 0.15) is 42.6 Å². The van der Waals surface area contributed by atoms with Gasteiger partial charge < -0.3 is 15.0 Å². The number of amides is 2. The molecule has 0 saturated carbocycles. The summed E-state index contributed by atoms with van der Waals surface area (Å²) in [5.74, 6) is 1.21.